The first-order chi connectivity index (χ1) is 14.5. The third-order valence-corrected chi connectivity index (χ3v) is 6.21. The molecule has 2 N–H and O–H groups in total. The summed E-state index contributed by atoms with van der Waals surface area (Å²) >= 11 is 1.42. The third kappa shape index (κ3) is 4.28. The molecule has 2 aromatic carbocycles. The lowest BCUT2D eigenvalue weighted by molar-refractivity contribution is -0.121. The van der Waals surface area contributed by atoms with Crippen molar-refractivity contribution < 1.29 is 9.53 Å². The summed E-state index contributed by atoms with van der Waals surface area (Å²) in [5.74, 6) is 1.53. The van der Waals surface area contributed by atoms with E-state index < -0.39 is 0 Å². The molecule has 4 rings (SSSR count). The third-order valence-electron chi connectivity index (χ3n) is 4.99. The van der Waals surface area contributed by atoms with Gasteiger partial charge in [-0.05, 0) is 44.0 Å². The molecule has 1 aliphatic rings. The Kier molecular flexibility index (Phi) is 5.94. The molecule has 0 radical (unpaired) electrons. The van der Waals surface area contributed by atoms with Crippen molar-refractivity contribution in [3.05, 3.63) is 71.0 Å². The maximum absolute atomic E-state index is 13.2. The molecular formula is C22H25N5O2S. The van der Waals surface area contributed by atoms with Crippen LogP contribution >= 0.6 is 11.8 Å². The molecule has 2 atom stereocenters. The summed E-state index contributed by atoms with van der Waals surface area (Å²) in [5, 5.41) is 11.7. The molecule has 0 fully saturated rings. The number of aromatic nitrogens is 3. The lowest BCUT2D eigenvalue weighted by Crippen LogP contribution is -2.44. The van der Waals surface area contributed by atoms with Crippen molar-refractivity contribution in [3.63, 3.8) is 0 Å². The maximum Gasteiger partial charge on any atom is 0.236 e. The standard InChI is InChI=1S/C22H25N5O2S/c1-4-29-18-11-9-17(10-12-18)19-20(30-22-25-24-15(3)27(22)26-19)21(28)23-13-16-7-5-14(2)6-8-16/h5-12,19-20,26H,4,13H2,1-3H3,(H,23,28). The predicted octanol–water partition coefficient (Wildman–Crippen LogP) is 3.37. The molecule has 1 aliphatic heterocycles. The molecule has 0 spiro atoms. The van der Waals surface area contributed by atoms with E-state index in [-0.39, 0.29) is 17.2 Å². The van der Waals surface area contributed by atoms with Crippen LogP contribution in [0, 0.1) is 13.8 Å². The Balaban J connectivity index is 1.55. The second-order valence-electron chi connectivity index (χ2n) is 7.22. The number of amides is 1. The summed E-state index contributed by atoms with van der Waals surface area (Å²) in [4.78, 5) is 13.2. The quantitative estimate of drug-likeness (QED) is 0.633. The fourth-order valence-electron chi connectivity index (χ4n) is 3.34. The number of aryl methyl sites for hydroxylation is 2. The Morgan fingerprint density at radius 2 is 1.87 bits per heavy atom. The van der Waals surface area contributed by atoms with Crippen molar-refractivity contribution in [3.8, 4) is 5.75 Å². The summed E-state index contributed by atoms with van der Waals surface area (Å²) in [6.07, 6.45) is 0. The van der Waals surface area contributed by atoms with Gasteiger partial charge in [0.25, 0.3) is 0 Å². The van der Waals surface area contributed by atoms with Crippen LogP contribution in [-0.4, -0.2) is 32.6 Å². The van der Waals surface area contributed by atoms with E-state index >= 15 is 0 Å². The molecule has 0 aliphatic carbocycles. The first-order valence-electron chi connectivity index (χ1n) is 9.96. The van der Waals surface area contributed by atoms with Gasteiger partial charge in [0.1, 0.15) is 16.8 Å². The molecule has 1 amide bonds. The SMILES string of the molecule is CCOc1ccc(C2Nn3c(C)nnc3SC2C(=O)NCc2ccc(C)cc2)cc1. The molecule has 0 saturated carbocycles. The minimum Gasteiger partial charge on any atom is -0.494 e. The Labute approximate surface area is 180 Å². The van der Waals surface area contributed by atoms with Crippen molar-refractivity contribution in [2.45, 2.75) is 43.8 Å². The van der Waals surface area contributed by atoms with Crippen molar-refractivity contribution in [2.75, 3.05) is 12.0 Å². The second kappa shape index (κ2) is 8.79. The summed E-state index contributed by atoms with van der Waals surface area (Å²) in [6, 6.07) is 15.8. The average molecular weight is 424 g/mol. The molecule has 0 saturated heterocycles. The van der Waals surface area contributed by atoms with Gasteiger partial charge in [0.05, 0.1) is 12.6 Å². The van der Waals surface area contributed by atoms with E-state index in [1.807, 2.05) is 74.0 Å². The highest BCUT2D eigenvalue weighted by Crippen LogP contribution is 2.37. The van der Waals surface area contributed by atoms with Crippen molar-refractivity contribution in [1.29, 1.82) is 0 Å². The Hall–Kier alpha value is -3.00. The highest BCUT2D eigenvalue weighted by molar-refractivity contribution is 8.00. The van der Waals surface area contributed by atoms with Gasteiger partial charge in [-0.2, -0.15) is 0 Å². The van der Waals surface area contributed by atoms with Crippen LogP contribution in [0.15, 0.2) is 53.7 Å². The molecule has 0 bridgehead atoms. The fourth-order valence-corrected chi connectivity index (χ4v) is 4.49. The van der Waals surface area contributed by atoms with Gasteiger partial charge < -0.3 is 15.5 Å². The molecule has 156 valence electrons. The number of carbonyl (C=O) groups excluding carboxylic acids is 1. The van der Waals surface area contributed by atoms with Crippen LogP contribution in [0.4, 0.5) is 0 Å². The molecule has 2 heterocycles. The average Bonchev–Trinajstić information content (AvgIpc) is 3.13. The van der Waals surface area contributed by atoms with Crippen LogP contribution < -0.4 is 15.5 Å². The van der Waals surface area contributed by atoms with Gasteiger partial charge in [0.15, 0.2) is 0 Å². The van der Waals surface area contributed by atoms with E-state index in [1.165, 1.54) is 17.3 Å². The van der Waals surface area contributed by atoms with Crippen LogP contribution in [0.25, 0.3) is 0 Å². The van der Waals surface area contributed by atoms with E-state index in [4.69, 9.17) is 4.74 Å². The van der Waals surface area contributed by atoms with Gasteiger partial charge in [0.2, 0.25) is 11.1 Å². The van der Waals surface area contributed by atoms with E-state index in [0.717, 1.165) is 22.7 Å². The smallest absolute Gasteiger partial charge is 0.236 e. The van der Waals surface area contributed by atoms with Gasteiger partial charge >= 0.3 is 0 Å². The summed E-state index contributed by atoms with van der Waals surface area (Å²) < 4.78 is 7.39. The van der Waals surface area contributed by atoms with E-state index in [1.54, 1.807) is 0 Å². The van der Waals surface area contributed by atoms with Crippen molar-refractivity contribution in [2.24, 2.45) is 0 Å². The highest BCUT2D eigenvalue weighted by atomic mass is 32.2. The van der Waals surface area contributed by atoms with Crippen LogP contribution in [0.5, 0.6) is 5.75 Å². The minimum atomic E-state index is -0.385. The van der Waals surface area contributed by atoms with Crippen LogP contribution in [0.3, 0.4) is 0 Å². The molecule has 7 nitrogen and oxygen atoms in total. The van der Waals surface area contributed by atoms with Crippen molar-refractivity contribution in [1.82, 2.24) is 20.2 Å². The second-order valence-corrected chi connectivity index (χ2v) is 8.32. The zero-order valence-electron chi connectivity index (χ0n) is 17.3. The van der Waals surface area contributed by atoms with Crippen LogP contribution in [0.2, 0.25) is 0 Å². The zero-order chi connectivity index (χ0) is 21.1. The number of thioether (sulfide) groups is 1. The molecule has 1 aromatic heterocycles. The van der Waals surface area contributed by atoms with Gasteiger partial charge in [-0.25, -0.2) is 4.68 Å². The normalized spacial score (nSPS) is 17.7. The van der Waals surface area contributed by atoms with Gasteiger partial charge in [-0.15, -0.1) is 10.2 Å². The van der Waals surface area contributed by atoms with Crippen molar-refractivity contribution >= 4 is 17.7 Å². The van der Waals surface area contributed by atoms with Crippen LogP contribution in [-0.2, 0) is 11.3 Å². The molecule has 8 heteroatoms. The number of hydrogen-bond acceptors (Lipinski definition) is 6. The summed E-state index contributed by atoms with van der Waals surface area (Å²) in [5.41, 5.74) is 6.68. The largest absolute Gasteiger partial charge is 0.494 e. The number of fused-ring (bicyclic) bond motifs is 1. The molecule has 3 aromatic rings. The first kappa shape index (κ1) is 20.3. The van der Waals surface area contributed by atoms with Gasteiger partial charge in [0, 0.05) is 6.54 Å². The maximum atomic E-state index is 13.2. The van der Waals surface area contributed by atoms with Crippen LogP contribution in [0.1, 0.15) is 35.5 Å². The number of ether oxygens (including phenoxy) is 1. The molecule has 2 unspecified atom stereocenters. The number of benzene rings is 2. The van der Waals surface area contributed by atoms with Gasteiger partial charge in [-0.3, -0.25) is 4.79 Å². The first-order valence-corrected chi connectivity index (χ1v) is 10.8. The minimum absolute atomic E-state index is 0.0427. The highest BCUT2D eigenvalue weighted by Gasteiger charge is 2.37. The summed E-state index contributed by atoms with van der Waals surface area (Å²) in [7, 11) is 0. The Morgan fingerprint density at radius 3 is 2.57 bits per heavy atom. The lowest BCUT2D eigenvalue weighted by Gasteiger charge is -2.32. The molecular weight excluding hydrogens is 398 g/mol. The predicted molar refractivity (Wildman–Crippen MR) is 117 cm³/mol. The molecule has 30 heavy (non-hydrogen) atoms. The number of nitrogens with zero attached hydrogens (tertiary/aromatic N) is 3. The number of nitrogens with one attached hydrogen (secondary N) is 2. The Morgan fingerprint density at radius 1 is 1.13 bits per heavy atom. The van der Waals surface area contributed by atoms with E-state index in [9.17, 15) is 4.79 Å². The topological polar surface area (TPSA) is 81.1 Å². The number of carbonyl (C=O) groups is 1. The zero-order valence-corrected chi connectivity index (χ0v) is 18.1. The monoisotopic (exact) mass is 423 g/mol. The Bertz CT molecular complexity index is 1020. The van der Waals surface area contributed by atoms with E-state index in [0.29, 0.717) is 18.3 Å². The number of rotatable bonds is 6. The summed E-state index contributed by atoms with van der Waals surface area (Å²) in [6.45, 7) is 6.99. The lowest BCUT2D eigenvalue weighted by atomic mass is 10.0. The van der Waals surface area contributed by atoms with E-state index in [2.05, 4.69) is 20.9 Å². The fraction of sp³-hybridized carbons (Fsp3) is 0.318. The number of hydrogen-bond donors (Lipinski definition) is 2. The van der Waals surface area contributed by atoms with Gasteiger partial charge in [-0.1, -0.05) is 53.7 Å².